The van der Waals surface area contributed by atoms with Crippen molar-refractivity contribution in [2.45, 2.75) is 59.8 Å². The highest BCUT2D eigenvalue weighted by Gasteiger charge is 2.31. The van der Waals surface area contributed by atoms with Crippen molar-refractivity contribution in [2.75, 3.05) is 12.4 Å². The van der Waals surface area contributed by atoms with Gasteiger partial charge in [0, 0.05) is 146 Å². The van der Waals surface area contributed by atoms with Crippen LogP contribution in [0.2, 0.25) is 0 Å². The average molecular weight is 1370 g/mol. The predicted octanol–water partition coefficient (Wildman–Crippen LogP) is 26.8. The molecular weight excluding hydrogens is 1320 g/mol. The largest absolute Gasteiger partial charge is 0.465 e. The highest BCUT2D eigenvalue weighted by atomic mass is 79.9. The lowest BCUT2D eigenvalue weighted by molar-refractivity contribution is 0.0602. The second-order valence-corrected chi connectivity index (χ2v) is 34.6. The minimum absolute atomic E-state index is 0.00754. The third-order valence-electron chi connectivity index (χ3n) is 15.6. The van der Waals surface area contributed by atoms with Crippen LogP contribution >= 0.6 is 141 Å². The Morgan fingerprint density at radius 3 is 1.33 bits per heavy atom. The van der Waals surface area contributed by atoms with E-state index < -0.39 is 11.8 Å². The van der Waals surface area contributed by atoms with Gasteiger partial charge in [-0.25, -0.2) is 9.18 Å². The molecule has 15 heteroatoms. The summed E-state index contributed by atoms with van der Waals surface area (Å²) in [5.41, 5.74) is 8.83. The second kappa shape index (κ2) is 23.0. The molecule has 2 nitrogen and oxygen atoms in total. The molecule has 0 fully saturated rings. The van der Waals surface area contributed by atoms with Crippen LogP contribution in [-0.4, -0.2) is 18.4 Å². The Hall–Kier alpha value is -5.24. The molecule has 11 aromatic heterocycles. The number of halogens is 2. The summed E-state index contributed by atoms with van der Waals surface area (Å²) >= 11 is 23.6. The smallest absolute Gasteiger partial charge is 0.351 e. The highest BCUT2D eigenvalue weighted by Crippen LogP contribution is 2.60. The maximum atomic E-state index is 16.7. The van der Waals surface area contributed by atoms with Gasteiger partial charge >= 0.3 is 5.97 Å². The Morgan fingerprint density at radius 2 is 0.847 bits per heavy atom. The highest BCUT2D eigenvalue weighted by molar-refractivity contribution is 9.09. The third-order valence-corrected chi connectivity index (χ3v) is 29.2. The van der Waals surface area contributed by atoms with Crippen molar-refractivity contribution in [3.05, 3.63) is 175 Å². The standard InChI is InChI=1S/C70H50BrFO2S11/c1-35-21-25-46(75-35)55-42-31-50(39-16-11-8-12-17-39)79-63(42)57(48-27-23-37(3)77-48)44-33-53(82-65(44)55)61-41(20-10-6-7-15-29-71)30-51(80-61)52-32-43-56(47-26-22-36(2)76-47)66-45(58(64(43)81-52)49-28-24-38(4)78-49)34-54(83-66)67-68-59(60(72)69(85-68)70(73)74-5)62(84-67)40-18-13-9-14-19-40/h8-9,11-14,16-19,21-28,30-34H,6-7,10,15,20,29H2,1-5H3. The zero-order valence-corrected chi connectivity index (χ0v) is 57.2. The fraction of sp³-hybridized carbons (Fsp3) is 0.157. The number of ether oxygens (including phenoxy) is 1. The quantitative estimate of drug-likeness (QED) is 0.0547. The van der Waals surface area contributed by atoms with Crippen LogP contribution in [0.3, 0.4) is 0 Å². The zero-order valence-electron chi connectivity index (χ0n) is 46.6. The Bertz CT molecular complexity index is 4860. The number of thiophene rings is 11. The average Bonchev–Trinajstić information content (AvgIpc) is 1.64. The first-order valence-corrected chi connectivity index (χ1v) is 38.1. The maximum Gasteiger partial charge on any atom is 0.351 e. The van der Waals surface area contributed by atoms with Gasteiger partial charge in [-0.2, -0.15) is 0 Å². The molecule has 0 atom stereocenters. The first-order chi connectivity index (χ1) is 41.5. The Kier molecular flexibility index (Phi) is 15.3. The summed E-state index contributed by atoms with van der Waals surface area (Å²) < 4.78 is 27.9. The maximum absolute atomic E-state index is 16.7. The molecule has 0 spiro atoms. The van der Waals surface area contributed by atoms with Crippen LogP contribution in [0.25, 0.3) is 142 Å². The Labute approximate surface area is 544 Å². The summed E-state index contributed by atoms with van der Waals surface area (Å²) in [6, 6.07) is 51.8. The summed E-state index contributed by atoms with van der Waals surface area (Å²) in [4.78, 5) is 32.9. The Morgan fingerprint density at radius 1 is 0.412 bits per heavy atom. The van der Waals surface area contributed by atoms with E-state index in [2.05, 4.69) is 153 Å². The summed E-state index contributed by atoms with van der Waals surface area (Å²) in [6.45, 7) is 8.86. The number of rotatable bonds is 16. The van der Waals surface area contributed by atoms with Gasteiger partial charge in [0.15, 0.2) is 5.82 Å². The molecule has 0 radical (unpaired) electrons. The number of carbonyl (C=O) groups is 1. The fourth-order valence-corrected chi connectivity index (χ4v) is 25.2. The summed E-state index contributed by atoms with van der Waals surface area (Å²) in [6.07, 6.45) is 5.75. The van der Waals surface area contributed by atoms with Crippen LogP contribution in [0.1, 0.15) is 60.4 Å². The molecule has 0 saturated heterocycles. The minimum Gasteiger partial charge on any atom is -0.465 e. The number of hydrogen-bond acceptors (Lipinski definition) is 13. The lowest BCUT2D eigenvalue weighted by atomic mass is 9.99. The first kappa shape index (κ1) is 56.3. The van der Waals surface area contributed by atoms with E-state index in [1.165, 1.54) is 175 Å². The lowest BCUT2D eigenvalue weighted by Gasteiger charge is -2.09. The normalized spacial score (nSPS) is 12.0. The first-order valence-electron chi connectivity index (χ1n) is 28.0. The van der Waals surface area contributed by atoms with Crippen molar-refractivity contribution in [1.29, 1.82) is 0 Å². The van der Waals surface area contributed by atoms with Crippen molar-refractivity contribution in [3.63, 3.8) is 0 Å². The summed E-state index contributed by atoms with van der Waals surface area (Å²) in [7, 11) is 1.32. The molecule has 15 aromatic rings. The van der Waals surface area contributed by atoms with E-state index in [4.69, 9.17) is 4.74 Å². The number of methoxy groups -OCH3 is 1. The minimum atomic E-state index is -0.653. The number of benzene rings is 4. The number of carbonyl (C=O) groups excluding carboxylic acids is 1. The molecule has 15 rings (SSSR count). The molecule has 0 aliphatic heterocycles. The number of unbranched alkanes of at least 4 members (excludes halogenated alkanes) is 3. The SMILES string of the molecule is COC(=O)c1sc2c(-c3cc4c(-c5ccc(C)s5)c5sc(-c6cc(CCCCCCBr)c(-c7cc8c(-c9ccc(C)s9)c9sc(-c%10ccccc%10)cc9c(-c9ccc(C)s9)c8s7)s6)cc5c(-c5ccc(C)s5)c4s3)sc(-c3ccccc3)c2c1F. The van der Waals surface area contributed by atoms with Crippen molar-refractivity contribution >= 4 is 197 Å². The molecule has 0 aliphatic carbocycles. The van der Waals surface area contributed by atoms with Gasteiger partial charge in [-0.1, -0.05) is 89.4 Å². The number of alkyl halides is 1. The van der Waals surface area contributed by atoms with E-state index >= 15 is 4.39 Å². The van der Waals surface area contributed by atoms with Crippen LogP contribution in [0, 0.1) is 33.5 Å². The van der Waals surface area contributed by atoms with Gasteiger partial charge in [0.1, 0.15) is 4.88 Å². The van der Waals surface area contributed by atoms with E-state index in [1.54, 1.807) is 22.7 Å². The molecule has 0 unspecified atom stereocenters. The van der Waals surface area contributed by atoms with E-state index in [1.807, 2.05) is 121 Å². The van der Waals surface area contributed by atoms with Crippen LogP contribution in [-0.2, 0) is 11.2 Å². The van der Waals surface area contributed by atoms with Crippen molar-refractivity contribution < 1.29 is 13.9 Å². The molecular formula is C70H50BrFO2S11. The van der Waals surface area contributed by atoms with Gasteiger partial charge in [-0.15, -0.1) is 125 Å². The van der Waals surface area contributed by atoms with Gasteiger partial charge < -0.3 is 4.74 Å². The van der Waals surface area contributed by atoms with Crippen LogP contribution < -0.4 is 0 Å². The lowest BCUT2D eigenvalue weighted by Crippen LogP contribution is -2.00. The summed E-state index contributed by atoms with van der Waals surface area (Å²) in [5.74, 6) is -1.16. The van der Waals surface area contributed by atoms with Crippen molar-refractivity contribution in [2.24, 2.45) is 0 Å². The molecule has 422 valence electrons. The van der Waals surface area contributed by atoms with Crippen molar-refractivity contribution in [3.8, 4) is 91.9 Å². The number of aryl methyl sites for hydroxylation is 5. The van der Waals surface area contributed by atoms with E-state index in [0.29, 0.717) is 5.39 Å². The Balaban J connectivity index is 0.951. The van der Waals surface area contributed by atoms with Gasteiger partial charge in [0.2, 0.25) is 0 Å². The molecule has 0 saturated carbocycles. The van der Waals surface area contributed by atoms with Crippen molar-refractivity contribution in [1.82, 2.24) is 0 Å². The topological polar surface area (TPSA) is 26.3 Å². The van der Waals surface area contributed by atoms with E-state index in [-0.39, 0.29) is 4.88 Å². The molecule has 0 N–H and O–H groups in total. The van der Waals surface area contributed by atoms with Gasteiger partial charge in [-0.05, 0) is 143 Å². The molecule has 11 heterocycles. The predicted molar refractivity (Wildman–Crippen MR) is 386 cm³/mol. The third kappa shape index (κ3) is 9.97. The van der Waals surface area contributed by atoms with Crippen LogP contribution in [0.15, 0.2) is 140 Å². The zero-order chi connectivity index (χ0) is 57.8. The summed E-state index contributed by atoms with van der Waals surface area (Å²) in [5, 5.41) is 6.66. The molecule has 0 aliphatic rings. The van der Waals surface area contributed by atoms with Gasteiger partial charge in [0.05, 0.1) is 16.7 Å². The second-order valence-electron chi connectivity index (χ2n) is 21.3. The van der Waals surface area contributed by atoms with Gasteiger partial charge in [0.25, 0.3) is 0 Å². The monoisotopic (exact) mass is 1370 g/mol. The molecule has 4 aromatic carbocycles. The van der Waals surface area contributed by atoms with Gasteiger partial charge in [-0.3, -0.25) is 0 Å². The van der Waals surface area contributed by atoms with E-state index in [9.17, 15) is 4.79 Å². The molecule has 0 bridgehead atoms. The fourth-order valence-electron chi connectivity index (χ4n) is 11.7. The molecule has 85 heavy (non-hydrogen) atoms. The number of fused-ring (bicyclic) bond motifs is 5. The van der Waals surface area contributed by atoms with Crippen LogP contribution in [0.4, 0.5) is 4.39 Å². The van der Waals surface area contributed by atoms with E-state index in [0.717, 1.165) is 43.1 Å². The molecule has 0 amide bonds. The number of esters is 1. The van der Waals surface area contributed by atoms with Crippen LogP contribution in [0.5, 0.6) is 0 Å². The number of hydrogen-bond donors (Lipinski definition) is 0.